The van der Waals surface area contributed by atoms with Crippen LogP contribution in [0.15, 0.2) is 146 Å². The molecule has 0 fully saturated rings. The maximum Gasteiger partial charge on any atom is 0.260 e. The number of nitro groups is 1. The van der Waals surface area contributed by atoms with E-state index in [0.717, 1.165) is 81.4 Å². The van der Waals surface area contributed by atoms with Gasteiger partial charge in [0, 0.05) is 49.2 Å². The molecule has 2 aliphatic heterocycles. The van der Waals surface area contributed by atoms with Crippen LogP contribution in [0.3, 0.4) is 0 Å². The molecule has 0 saturated heterocycles. The summed E-state index contributed by atoms with van der Waals surface area (Å²) in [5.41, 5.74) is 12.7. The van der Waals surface area contributed by atoms with Crippen LogP contribution in [0.25, 0.3) is 75.5 Å². The zero-order chi connectivity index (χ0) is 36.1. The molecule has 2 aliphatic rings. The average Bonchev–Trinajstić information content (AvgIpc) is 4.01. The Kier molecular flexibility index (Phi) is 8.45. The topological polar surface area (TPSA) is 100 Å². The van der Waals surface area contributed by atoms with Crippen molar-refractivity contribution in [3.8, 4) is 44.5 Å². The summed E-state index contributed by atoms with van der Waals surface area (Å²) in [5.74, 6) is 0. The lowest BCUT2D eigenvalue weighted by molar-refractivity contribution is -0.527. The number of fused-ring (bicyclic) bond motifs is 8. The molecule has 7 nitrogen and oxygen atoms in total. The van der Waals surface area contributed by atoms with Gasteiger partial charge in [-0.1, -0.05) is 121 Å². The number of hydrogen-bond acceptors (Lipinski definition) is 4. The minimum absolute atomic E-state index is 0.132. The summed E-state index contributed by atoms with van der Waals surface area (Å²) in [6.07, 6.45) is 0.132. The van der Waals surface area contributed by atoms with Gasteiger partial charge in [0.05, 0.1) is 32.5 Å². The molecule has 3 aromatic heterocycles. The number of halogens is 2. The lowest BCUT2D eigenvalue weighted by atomic mass is 9.98. The summed E-state index contributed by atoms with van der Waals surface area (Å²) in [5, 5.41) is 13.0. The third kappa shape index (κ3) is 5.82. The van der Waals surface area contributed by atoms with Crippen LogP contribution >= 0.6 is 31.9 Å². The quantitative estimate of drug-likeness (QED) is 0.133. The molecule has 0 amide bonds. The van der Waals surface area contributed by atoms with Gasteiger partial charge in [-0.15, -0.1) is 0 Å². The van der Waals surface area contributed by atoms with Crippen molar-refractivity contribution in [2.24, 2.45) is 0 Å². The molecular weight excluding hydrogens is 790 g/mol. The molecule has 256 valence electrons. The van der Waals surface area contributed by atoms with Gasteiger partial charge in [0.1, 0.15) is 5.69 Å². The Bertz CT molecular complexity index is 2740. The predicted octanol–water partition coefficient (Wildman–Crippen LogP) is 12.2. The fraction of sp³-hybridized carbons (Fsp3) is 0.0455. The predicted molar refractivity (Wildman–Crippen MR) is 221 cm³/mol. The van der Waals surface area contributed by atoms with Crippen molar-refractivity contribution >= 4 is 62.9 Å². The van der Waals surface area contributed by atoms with Crippen LogP contribution in [0.4, 0.5) is 0 Å². The Morgan fingerprint density at radius 1 is 0.509 bits per heavy atom. The number of benzene rings is 4. The number of nitrogens with zero attached hydrogens (tertiary/aromatic N) is 3. The number of rotatable bonds is 5. The van der Waals surface area contributed by atoms with Gasteiger partial charge in [-0.3, -0.25) is 10.1 Å². The lowest BCUT2D eigenvalue weighted by Crippen LogP contribution is -2.10. The van der Waals surface area contributed by atoms with Crippen molar-refractivity contribution in [3.05, 3.63) is 178 Å². The largest absolute Gasteiger partial charge is 0.354 e. The Morgan fingerprint density at radius 2 is 0.868 bits per heavy atom. The highest BCUT2D eigenvalue weighted by molar-refractivity contribution is 9.18. The Hall–Kier alpha value is -5.90. The monoisotopic (exact) mass is 817 g/mol. The second-order valence-corrected chi connectivity index (χ2v) is 14.5. The molecule has 0 saturated carbocycles. The molecule has 4 aromatic carbocycles. The zero-order valence-corrected chi connectivity index (χ0v) is 31.2. The number of H-pyrrole nitrogens is 2. The summed E-state index contributed by atoms with van der Waals surface area (Å²) < 4.78 is 1.63. The van der Waals surface area contributed by atoms with Crippen molar-refractivity contribution in [2.45, 2.75) is 12.5 Å². The Morgan fingerprint density at radius 3 is 1.28 bits per heavy atom. The van der Waals surface area contributed by atoms with Gasteiger partial charge in [-0.25, -0.2) is 9.97 Å². The summed E-state index contributed by atoms with van der Waals surface area (Å²) in [4.78, 5) is 30.9. The molecule has 1 atom stereocenters. The maximum atomic E-state index is 13.0. The van der Waals surface area contributed by atoms with Crippen molar-refractivity contribution in [1.82, 2.24) is 19.9 Å². The highest BCUT2D eigenvalue weighted by Crippen LogP contribution is 2.47. The number of hydrogen-bond donors (Lipinski definition) is 2. The fourth-order valence-electron chi connectivity index (χ4n) is 7.40. The van der Waals surface area contributed by atoms with Crippen molar-refractivity contribution in [1.29, 1.82) is 0 Å². The molecule has 0 aliphatic carbocycles. The Balaban J connectivity index is 1.54. The van der Waals surface area contributed by atoms with Crippen molar-refractivity contribution < 1.29 is 4.92 Å². The highest BCUT2D eigenvalue weighted by atomic mass is 79.9. The second-order valence-electron chi connectivity index (χ2n) is 12.9. The van der Waals surface area contributed by atoms with E-state index in [4.69, 9.17) is 9.97 Å². The molecule has 5 heterocycles. The smallest absolute Gasteiger partial charge is 0.260 e. The molecular formula is C44H29Br2N5O2. The fourth-order valence-corrected chi connectivity index (χ4v) is 8.35. The SMILES string of the molecule is O=[N+]([O-])C1Cc2nc1c(-c1ccccc1)c1ccc([nH]1)c(-c1ccccc1)c1nc(c(-c3ccccc3)c3ccc([nH]3)c2-c2ccccc2)C(Br)=C1Br. The minimum atomic E-state index is -1.07. The van der Waals surface area contributed by atoms with Gasteiger partial charge < -0.3 is 9.97 Å². The molecule has 0 spiro atoms. The minimum Gasteiger partial charge on any atom is -0.354 e. The molecule has 0 radical (unpaired) electrons. The molecule has 9 rings (SSSR count). The van der Waals surface area contributed by atoms with E-state index >= 15 is 0 Å². The van der Waals surface area contributed by atoms with E-state index in [1.54, 1.807) is 0 Å². The van der Waals surface area contributed by atoms with Gasteiger partial charge in [0.25, 0.3) is 6.04 Å². The van der Waals surface area contributed by atoms with Gasteiger partial charge >= 0.3 is 0 Å². The lowest BCUT2D eigenvalue weighted by Gasteiger charge is -2.08. The molecule has 9 heteroatoms. The summed E-state index contributed by atoms with van der Waals surface area (Å²) in [6.45, 7) is 0. The van der Waals surface area contributed by atoms with Gasteiger partial charge in [0.2, 0.25) is 0 Å². The Labute approximate surface area is 321 Å². The van der Waals surface area contributed by atoms with E-state index in [-0.39, 0.29) is 11.3 Å². The van der Waals surface area contributed by atoms with E-state index < -0.39 is 6.04 Å². The second kappa shape index (κ2) is 13.6. The summed E-state index contributed by atoms with van der Waals surface area (Å²) in [7, 11) is 0. The first kappa shape index (κ1) is 33.0. The standard InChI is InChI=1S/C44H29Br2N5O2/c45-40-41(46)44-39(29-19-11-4-12-20-29)33-24-23-31(48-33)37(27-15-7-2-8-16-27)42-35(51(52)53)25-34(49-42)36(26-13-5-1-6-14-26)30-21-22-32(47-30)38(43(40)50-44)28-17-9-3-10-18-28/h1-24,35,47-48H,25H2. The highest BCUT2D eigenvalue weighted by Gasteiger charge is 2.36. The molecule has 53 heavy (non-hydrogen) atoms. The van der Waals surface area contributed by atoms with Crippen LogP contribution in [-0.4, -0.2) is 24.9 Å². The number of aromatic amines is 2. The van der Waals surface area contributed by atoms with E-state index in [2.05, 4.69) is 72.2 Å². The molecule has 7 aromatic rings. The number of aromatic nitrogens is 4. The van der Waals surface area contributed by atoms with Crippen LogP contribution in [0.1, 0.15) is 28.8 Å². The summed E-state index contributed by atoms with van der Waals surface area (Å²) >= 11 is 7.89. The molecule has 8 bridgehead atoms. The average molecular weight is 820 g/mol. The normalized spacial score (nSPS) is 14.0. The molecule has 1 unspecified atom stereocenters. The first-order valence-corrected chi connectivity index (χ1v) is 18.7. The zero-order valence-electron chi connectivity index (χ0n) is 28.1. The summed E-state index contributed by atoms with van der Waals surface area (Å²) in [6, 6.07) is 47.1. The van der Waals surface area contributed by atoms with E-state index in [9.17, 15) is 10.1 Å². The first-order valence-electron chi connectivity index (χ1n) is 17.2. The first-order chi connectivity index (χ1) is 26.0. The van der Waals surface area contributed by atoms with Crippen molar-refractivity contribution in [3.63, 3.8) is 0 Å². The number of nitrogens with one attached hydrogen (secondary N) is 2. The van der Waals surface area contributed by atoms with E-state index in [0.29, 0.717) is 17.0 Å². The van der Waals surface area contributed by atoms with Crippen molar-refractivity contribution in [2.75, 3.05) is 0 Å². The molecule has 2 N–H and O–H groups in total. The van der Waals surface area contributed by atoms with Crippen LogP contribution < -0.4 is 0 Å². The third-order valence-corrected chi connectivity index (χ3v) is 11.8. The maximum absolute atomic E-state index is 13.0. The van der Waals surface area contributed by atoms with Crippen LogP contribution in [0, 0.1) is 10.1 Å². The van der Waals surface area contributed by atoms with Crippen LogP contribution in [0.5, 0.6) is 0 Å². The van der Waals surface area contributed by atoms with Crippen LogP contribution in [0.2, 0.25) is 0 Å². The van der Waals surface area contributed by atoms with Gasteiger partial charge in [0.15, 0.2) is 0 Å². The van der Waals surface area contributed by atoms with E-state index in [1.165, 1.54) is 0 Å². The van der Waals surface area contributed by atoms with Gasteiger partial charge in [-0.2, -0.15) is 0 Å². The van der Waals surface area contributed by atoms with Crippen LogP contribution in [-0.2, 0) is 6.42 Å². The van der Waals surface area contributed by atoms with Gasteiger partial charge in [-0.05, 0) is 78.4 Å². The third-order valence-electron chi connectivity index (χ3n) is 9.76. The van der Waals surface area contributed by atoms with E-state index in [1.807, 2.05) is 115 Å².